The summed E-state index contributed by atoms with van der Waals surface area (Å²) in [6, 6.07) is 16.4. The number of fused-ring (bicyclic) bond motifs is 3. The fraction of sp³-hybridized carbons (Fsp3) is 0. The molecule has 0 atom stereocenters. The average molecular weight is 232 g/mol. The number of nitrogens with two attached hydrogens (primary N) is 2. The van der Waals surface area contributed by atoms with E-state index in [9.17, 15) is 0 Å². The molecule has 3 aromatic rings. The lowest BCUT2D eigenvalue weighted by Crippen LogP contribution is -1.86. The van der Waals surface area contributed by atoms with Crippen molar-refractivity contribution in [2.45, 2.75) is 0 Å². The van der Waals surface area contributed by atoms with E-state index in [-0.39, 0.29) is 0 Å². The number of anilines is 2. The Morgan fingerprint density at radius 1 is 0.667 bits per heavy atom. The van der Waals surface area contributed by atoms with E-state index in [0.717, 1.165) is 16.8 Å². The molecule has 18 heavy (non-hydrogen) atoms. The topological polar surface area (TPSA) is 52.0 Å². The minimum atomic E-state index is 0.798. The number of rotatable bonds is 0. The summed E-state index contributed by atoms with van der Waals surface area (Å²) < 4.78 is 0. The van der Waals surface area contributed by atoms with Gasteiger partial charge < -0.3 is 11.5 Å². The van der Waals surface area contributed by atoms with Crippen molar-refractivity contribution in [3.8, 4) is 22.3 Å². The highest BCUT2D eigenvalue weighted by molar-refractivity contribution is 6.18. The molecule has 0 saturated carbocycles. The van der Waals surface area contributed by atoms with Gasteiger partial charge in [-0.1, -0.05) is 30.3 Å². The smallest absolute Gasteiger partial charge is 0.0394 e. The summed E-state index contributed by atoms with van der Waals surface area (Å²) in [5, 5.41) is 2.37. The fourth-order valence-electron chi connectivity index (χ4n) is 2.90. The highest BCUT2D eigenvalue weighted by Crippen LogP contribution is 2.48. The SMILES string of the molecule is Nc1ccc2c(c1)-c1cccc3c(N)ccc-2c13. The van der Waals surface area contributed by atoms with Crippen LogP contribution in [0.5, 0.6) is 0 Å². The average Bonchev–Trinajstić information content (AvgIpc) is 2.69. The summed E-state index contributed by atoms with van der Waals surface area (Å²) in [5.41, 5.74) is 18.5. The first-order valence-electron chi connectivity index (χ1n) is 5.97. The van der Waals surface area contributed by atoms with Gasteiger partial charge in [0.15, 0.2) is 0 Å². The molecule has 0 unspecified atom stereocenters. The van der Waals surface area contributed by atoms with Gasteiger partial charge in [0.05, 0.1) is 0 Å². The van der Waals surface area contributed by atoms with E-state index in [4.69, 9.17) is 11.5 Å². The first kappa shape index (κ1) is 9.54. The van der Waals surface area contributed by atoms with E-state index in [1.54, 1.807) is 0 Å². The monoisotopic (exact) mass is 232 g/mol. The molecule has 0 bridgehead atoms. The normalized spacial score (nSPS) is 11.8. The Morgan fingerprint density at radius 2 is 1.44 bits per heavy atom. The summed E-state index contributed by atoms with van der Waals surface area (Å²) in [7, 11) is 0. The van der Waals surface area contributed by atoms with Crippen LogP contribution in [0.1, 0.15) is 0 Å². The van der Waals surface area contributed by atoms with Crippen LogP contribution in [0.4, 0.5) is 11.4 Å². The van der Waals surface area contributed by atoms with Crippen LogP contribution in [0.3, 0.4) is 0 Å². The predicted octanol–water partition coefficient (Wildman–Crippen LogP) is 3.65. The number of benzene rings is 3. The second kappa shape index (κ2) is 3.05. The summed E-state index contributed by atoms with van der Waals surface area (Å²) in [6.07, 6.45) is 0. The number of hydrogen-bond donors (Lipinski definition) is 2. The van der Waals surface area contributed by atoms with Crippen LogP contribution in [-0.2, 0) is 0 Å². The molecule has 3 aromatic carbocycles. The van der Waals surface area contributed by atoms with Gasteiger partial charge in [-0.15, -0.1) is 0 Å². The van der Waals surface area contributed by atoms with Gasteiger partial charge in [-0.25, -0.2) is 0 Å². The molecular weight excluding hydrogens is 220 g/mol. The molecule has 0 fully saturated rings. The van der Waals surface area contributed by atoms with Crippen LogP contribution in [0, 0.1) is 0 Å². The van der Waals surface area contributed by atoms with E-state index in [1.165, 1.54) is 27.6 Å². The van der Waals surface area contributed by atoms with Crippen LogP contribution in [0.25, 0.3) is 33.0 Å². The zero-order valence-electron chi connectivity index (χ0n) is 9.77. The Morgan fingerprint density at radius 3 is 2.33 bits per heavy atom. The van der Waals surface area contributed by atoms with Crippen molar-refractivity contribution in [2.75, 3.05) is 11.5 Å². The Bertz CT molecular complexity index is 804. The van der Waals surface area contributed by atoms with Gasteiger partial charge >= 0.3 is 0 Å². The molecule has 2 nitrogen and oxygen atoms in total. The van der Waals surface area contributed by atoms with E-state index in [0.29, 0.717) is 0 Å². The van der Waals surface area contributed by atoms with Crippen molar-refractivity contribution in [3.05, 3.63) is 48.5 Å². The molecule has 1 aliphatic carbocycles. The summed E-state index contributed by atoms with van der Waals surface area (Å²) in [6.45, 7) is 0. The molecule has 0 aromatic heterocycles. The maximum Gasteiger partial charge on any atom is 0.0394 e. The van der Waals surface area contributed by atoms with Crippen LogP contribution < -0.4 is 11.5 Å². The Labute approximate surface area is 105 Å². The lowest BCUT2D eigenvalue weighted by atomic mass is 10.0. The van der Waals surface area contributed by atoms with Gasteiger partial charge in [-0.2, -0.15) is 0 Å². The van der Waals surface area contributed by atoms with Crippen LogP contribution in [-0.4, -0.2) is 0 Å². The molecule has 4 rings (SSSR count). The van der Waals surface area contributed by atoms with Crippen molar-refractivity contribution in [1.29, 1.82) is 0 Å². The zero-order valence-corrected chi connectivity index (χ0v) is 9.77. The Hall–Kier alpha value is -2.48. The molecule has 0 amide bonds. The molecule has 1 aliphatic rings. The highest BCUT2D eigenvalue weighted by atomic mass is 14.6. The van der Waals surface area contributed by atoms with Gasteiger partial charge in [0.2, 0.25) is 0 Å². The summed E-state index contributed by atoms with van der Waals surface area (Å²) in [4.78, 5) is 0. The van der Waals surface area contributed by atoms with Gasteiger partial charge in [0, 0.05) is 16.8 Å². The minimum Gasteiger partial charge on any atom is -0.399 e. The number of hydrogen-bond acceptors (Lipinski definition) is 2. The lowest BCUT2D eigenvalue weighted by molar-refractivity contribution is 1.67. The molecule has 0 aliphatic heterocycles. The first-order chi connectivity index (χ1) is 8.75. The third kappa shape index (κ3) is 1.02. The van der Waals surface area contributed by atoms with Crippen LogP contribution >= 0.6 is 0 Å². The quantitative estimate of drug-likeness (QED) is 0.455. The van der Waals surface area contributed by atoms with E-state index < -0.39 is 0 Å². The molecule has 86 valence electrons. The molecule has 0 heterocycles. The van der Waals surface area contributed by atoms with Gasteiger partial charge in [0.1, 0.15) is 0 Å². The number of nitrogen functional groups attached to an aromatic ring is 2. The summed E-state index contributed by atoms with van der Waals surface area (Å²) >= 11 is 0. The third-order valence-corrected chi connectivity index (χ3v) is 3.70. The molecule has 4 N–H and O–H groups in total. The van der Waals surface area contributed by atoms with Crippen molar-refractivity contribution in [1.82, 2.24) is 0 Å². The Balaban J connectivity index is 2.26. The third-order valence-electron chi connectivity index (χ3n) is 3.70. The highest BCUT2D eigenvalue weighted by Gasteiger charge is 2.21. The molecule has 0 saturated heterocycles. The standard InChI is InChI=1S/C16H12N2/c17-9-4-5-10-12-6-7-15(18)13-3-1-2-11(16(12)13)14(10)8-9/h1-8H,17-18H2. The van der Waals surface area contributed by atoms with Crippen molar-refractivity contribution in [3.63, 3.8) is 0 Å². The van der Waals surface area contributed by atoms with E-state index >= 15 is 0 Å². The van der Waals surface area contributed by atoms with E-state index in [1.807, 2.05) is 18.2 Å². The largest absolute Gasteiger partial charge is 0.399 e. The van der Waals surface area contributed by atoms with Crippen LogP contribution in [0.2, 0.25) is 0 Å². The second-order valence-corrected chi connectivity index (χ2v) is 4.74. The van der Waals surface area contributed by atoms with Crippen LogP contribution in [0.15, 0.2) is 48.5 Å². The van der Waals surface area contributed by atoms with Crippen molar-refractivity contribution >= 4 is 22.1 Å². The molecule has 0 radical (unpaired) electrons. The van der Waals surface area contributed by atoms with Gasteiger partial charge in [-0.05, 0) is 45.8 Å². The maximum atomic E-state index is 6.06. The summed E-state index contributed by atoms with van der Waals surface area (Å²) in [5.74, 6) is 0. The lowest BCUT2D eigenvalue weighted by Gasteiger charge is -2.04. The molecule has 2 heteroatoms. The molecule has 0 spiro atoms. The van der Waals surface area contributed by atoms with Gasteiger partial charge in [0.25, 0.3) is 0 Å². The maximum absolute atomic E-state index is 6.06. The fourth-order valence-corrected chi connectivity index (χ4v) is 2.90. The van der Waals surface area contributed by atoms with E-state index in [2.05, 4.69) is 30.3 Å². The Kier molecular flexibility index (Phi) is 1.61. The first-order valence-corrected chi connectivity index (χ1v) is 5.97. The minimum absolute atomic E-state index is 0.798. The molecular formula is C16H12N2. The predicted molar refractivity (Wildman–Crippen MR) is 77.2 cm³/mol. The second-order valence-electron chi connectivity index (χ2n) is 4.74. The van der Waals surface area contributed by atoms with Crippen molar-refractivity contribution < 1.29 is 0 Å². The zero-order chi connectivity index (χ0) is 12.3. The van der Waals surface area contributed by atoms with Crippen molar-refractivity contribution in [2.24, 2.45) is 0 Å². The van der Waals surface area contributed by atoms with Gasteiger partial charge in [-0.3, -0.25) is 0 Å².